The monoisotopic (exact) mass is 476 g/mol. The second-order valence-corrected chi connectivity index (χ2v) is 9.97. The summed E-state index contributed by atoms with van der Waals surface area (Å²) in [5.41, 5.74) is 2.06. The third-order valence-electron chi connectivity index (χ3n) is 6.00. The van der Waals surface area contributed by atoms with E-state index < -0.39 is 17.2 Å². The molecule has 0 atom stereocenters. The minimum Gasteiger partial charge on any atom is -0.457 e. The van der Waals surface area contributed by atoms with E-state index in [9.17, 15) is 18.8 Å². The highest BCUT2D eigenvalue weighted by Crippen LogP contribution is 2.26. The summed E-state index contributed by atoms with van der Waals surface area (Å²) in [6, 6.07) is 6.09. The number of carbonyl (C=O) groups is 3. The summed E-state index contributed by atoms with van der Waals surface area (Å²) in [7, 11) is 0. The van der Waals surface area contributed by atoms with Crippen molar-refractivity contribution < 1.29 is 23.5 Å². The van der Waals surface area contributed by atoms with E-state index in [4.69, 9.17) is 16.3 Å². The summed E-state index contributed by atoms with van der Waals surface area (Å²) >= 11 is 5.91. The Balaban J connectivity index is 1.61. The molecule has 0 spiro atoms. The molecule has 0 bridgehead atoms. The van der Waals surface area contributed by atoms with E-state index in [1.54, 1.807) is 24.0 Å². The smallest absolute Gasteiger partial charge is 0.309 e. The fourth-order valence-electron chi connectivity index (χ4n) is 4.19. The van der Waals surface area contributed by atoms with Crippen molar-refractivity contribution in [2.24, 2.45) is 11.3 Å². The minimum atomic E-state index is -0.514. The van der Waals surface area contributed by atoms with Crippen LogP contribution in [0.1, 0.15) is 55.4 Å². The average molecular weight is 477 g/mol. The molecule has 0 N–H and O–H groups in total. The maximum absolute atomic E-state index is 13.5. The van der Waals surface area contributed by atoms with Crippen molar-refractivity contribution in [3.05, 3.63) is 52.1 Å². The molecular formula is C25H30ClFN2O4. The maximum Gasteiger partial charge on any atom is 0.309 e. The molecule has 6 nitrogen and oxygen atoms in total. The van der Waals surface area contributed by atoms with Gasteiger partial charge in [0.2, 0.25) is 11.7 Å². The Labute approximate surface area is 198 Å². The summed E-state index contributed by atoms with van der Waals surface area (Å²) in [6.45, 7) is 9.90. The van der Waals surface area contributed by atoms with Crippen molar-refractivity contribution in [1.29, 1.82) is 0 Å². The number of aryl methyl sites for hydroxylation is 1. The third-order valence-corrected chi connectivity index (χ3v) is 6.29. The first-order chi connectivity index (χ1) is 15.4. The number of likely N-dealkylation sites (tertiary alicyclic amines) is 1. The molecule has 1 saturated heterocycles. The van der Waals surface area contributed by atoms with Gasteiger partial charge in [-0.05, 0) is 51.0 Å². The fourth-order valence-corrected chi connectivity index (χ4v) is 4.37. The van der Waals surface area contributed by atoms with E-state index in [0.29, 0.717) is 42.9 Å². The molecule has 1 fully saturated rings. The fraction of sp³-hybridized carbons (Fsp3) is 0.480. The van der Waals surface area contributed by atoms with Crippen molar-refractivity contribution in [3.8, 4) is 5.69 Å². The van der Waals surface area contributed by atoms with Gasteiger partial charge in [-0.1, -0.05) is 32.4 Å². The first-order valence-electron chi connectivity index (χ1n) is 11.0. The lowest BCUT2D eigenvalue weighted by atomic mass is 9.91. The van der Waals surface area contributed by atoms with Crippen molar-refractivity contribution >= 4 is 29.3 Å². The molecule has 2 heterocycles. The number of nitrogens with zero attached hydrogens (tertiary/aromatic N) is 2. The first kappa shape index (κ1) is 25.0. The van der Waals surface area contributed by atoms with Gasteiger partial charge < -0.3 is 14.2 Å². The molecule has 33 heavy (non-hydrogen) atoms. The normalized spacial score (nSPS) is 14.9. The van der Waals surface area contributed by atoms with Gasteiger partial charge in [-0.2, -0.15) is 0 Å². The van der Waals surface area contributed by atoms with Crippen LogP contribution in [0.4, 0.5) is 4.39 Å². The molecule has 0 unspecified atom stereocenters. The lowest BCUT2D eigenvalue weighted by molar-refractivity contribution is -0.152. The number of carbonyl (C=O) groups excluding carboxylic acids is 3. The van der Waals surface area contributed by atoms with Crippen LogP contribution in [0.3, 0.4) is 0 Å². The molecule has 1 aromatic heterocycles. The van der Waals surface area contributed by atoms with Gasteiger partial charge in [0.05, 0.1) is 10.9 Å². The van der Waals surface area contributed by atoms with Crippen LogP contribution in [-0.4, -0.2) is 46.8 Å². The molecule has 1 aromatic carbocycles. The predicted molar refractivity (Wildman–Crippen MR) is 124 cm³/mol. The molecule has 0 radical (unpaired) electrons. The highest BCUT2D eigenvalue weighted by molar-refractivity contribution is 6.30. The number of ketones is 1. The van der Waals surface area contributed by atoms with Crippen molar-refractivity contribution in [1.82, 2.24) is 9.47 Å². The SMILES string of the molecule is Cc1cc(C(=O)COC(=O)C2CCN(C(=O)C(C)(C)C)CC2)c(C)n1-c1ccc(F)c(Cl)c1. The number of aromatic nitrogens is 1. The second kappa shape index (κ2) is 9.67. The molecule has 0 aliphatic carbocycles. The highest BCUT2D eigenvalue weighted by Gasteiger charge is 2.33. The highest BCUT2D eigenvalue weighted by atomic mass is 35.5. The van der Waals surface area contributed by atoms with Crippen molar-refractivity contribution in [3.63, 3.8) is 0 Å². The van der Waals surface area contributed by atoms with E-state index in [2.05, 4.69) is 0 Å². The number of hydrogen-bond acceptors (Lipinski definition) is 4. The zero-order valence-electron chi connectivity index (χ0n) is 19.7. The van der Waals surface area contributed by atoms with E-state index >= 15 is 0 Å². The van der Waals surface area contributed by atoms with Crippen LogP contribution >= 0.6 is 11.6 Å². The van der Waals surface area contributed by atoms with Crippen LogP contribution in [0.25, 0.3) is 5.69 Å². The lowest BCUT2D eigenvalue weighted by Crippen LogP contribution is -2.45. The number of esters is 1. The van der Waals surface area contributed by atoms with Gasteiger partial charge in [-0.25, -0.2) is 4.39 Å². The summed E-state index contributed by atoms with van der Waals surface area (Å²) in [6.07, 6.45) is 1.05. The predicted octanol–water partition coefficient (Wildman–Crippen LogP) is 4.90. The van der Waals surface area contributed by atoms with Gasteiger partial charge in [0.15, 0.2) is 6.61 Å². The minimum absolute atomic E-state index is 0.00273. The van der Waals surface area contributed by atoms with Crippen LogP contribution in [0.15, 0.2) is 24.3 Å². The number of benzene rings is 1. The van der Waals surface area contributed by atoms with E-state index in [1.165, 1.54) is 12.1 Å². The Morgan fingerprint density at radius 2 is 1.76 bits per heavy atom. The molecular weight excluding hydrogens is 447 g/mol. The van der Waals surface area contributed by atoms with E-state index in [1.807, 2.05) is 32.3 Å². The Morgan fingerprint density at radius 3 is 2.33 bits per heavy atom. The van der Waals surface area contributed by atoms with Crippen LogP contribution in [0.5, 0.6) is 0 Å². The van der Waals surface area contributed by atoms with E-state index in [0.717, 1.165) is 5.69 Å². The third kappa shape index (κ3) is 5.46. The van der Waals surface area contributed by atoms with Crippen LogP contribution in [0, 0.1) is 31.0 Å². The number of halogens is 2. The van der Waals surface area contributed by atoms with Gasteiger partial charge in [0.1, 0.15) is 5.82 Å². The van der Waals surface area contributed by atoms with Crippen LogP contribution in [0.2, 0.25) is 5.02 Å². The number of hydrogen-bond donors (Lipinski definition) is 0. The van der Waals surface area contributed by atoms with Crippen molar-refractivity contribution in [2.75, 3.05) is 19.7 Å². The topological polar surface area (TPSA) is 68.6 Å². The summed E-state index contributed by atoms with van der Waals surface area (Å²) in [5.74, 6) is -1.49. The number of ether oxygens (including phenoxy) is 1. The number of Topliss-reactive ketones (excluding diaryl/α,β-unsaturated/α-hetero) is 1. The van der Waals surface area contributed by atoms with Crippen molar-refractivity contribution in [2.45, 2.75) is 47.5 Å². The summed E-state index contributed by atoms with van der Waals surface area (Å²) in [5, 5.41) is -0.00273. The van der Waals surface area contributed by atoms with Gasteiger partial charge in [-0.15, -0.1) is 0 Å². The maximum atomic E-state index is 13.5. The largest absolute Gasteiger partial charge is 0.457 e. The molecule has 1 aliphatic heterocycles. The molecule has 1 amide bonds. The molecule has 0 saturated carbocycles. The van der Waals surface area contributed by atoms with Crippen LogP contribution in [-0.2, 0) is 14.3 Å². The number of piperidine rings is 1. The standard InChI is InChI=1S/C25H30ClFN2O4/c1-15-12-19(16(2)29(15)18-6-7-21(27)20(26)13-18)22(30)14-33-23(31)17-8-10-28(11-9-17)24(32)25(3,4)5/h6-7,12-13,17H,8-11,14H2,1-5H3. The molecule has 1 aliphatic rings. The molecule has 178 valence electrons. The lowest BCUT2D eigenvalue weighted by Gasteiger charge is -2.34. The summed E-state index contributed by atoms with van der Waals surface area (Å²) < 4.78 is 20.7. The quantitative estimate of drug-likeness (QED) is 0.454. The van der Waals surface area contributed by atoms with Gasteiger partial charge >= 0.3 is 5.97 Å². The molecule has 2 aromatic rings. The Kier molecular flexibility index (Phi) is 7.32. The van der Waals surface area contributed by atoms with Crippen LogP contribution < -0.4 is 0 Å². The Morgan fingerprint density at radius 1 is 1.12 bits per heavy atom. The second-order valence-electron chi connectivity index (χ2n) is 9.57. The van der Waals surface area contributed by atoms with Gasteiger partial charge in [-0.3, -0.25) is 14.4 Å². The van der Waals surface area contributed by atoms with Gasteiger partial charge in [0.25, 0.3) is 0 Å². The Hall–Kier alpha value is -2.67. The average Bonchev–Trinajstić information content (AvgIpc) is 3.06. The summed E-state index contributed by atoms with van der Waals surface area (Å²) in [4.78, 5) is 39.5. The zero-order valence-corrected chi connectivity index (χ0v) is 20.5. The number of amides is 1. The number of rotatable bonds is 5. The Bertz CT molecular complexity index is 1080. The molecule has 8 heteroatoms. The van der Waals surface area contributed by atoms with E-state index in [-0.39, 0.29) is 29.2 Å². The zero-order chi connectivity index (χ0) is 24.5. The van der Waals surface area contributed by atoms with Gasteiger partial charge in [0, 0.05) is 41.1 Å². The first-order valence-corrected chi connectivity index (χ1v) is 11.4. The molecule has 3 rings (SSSR count).